The van der Waals surface area contributed by atoms with Crippen molar-refractivity contribution in [3.05, 3.63) is 68.0 Å². The third-order valence-corrected chi connectivity index (χ3v) is 13.5. The Balaban J connectivity index is 1.55. The normalized spacial score (nSPS) is 12.3. The van der Waals surface area contributed by atoms with Crippen LogP contribution in [0, 0.1) is 0 Å². The highest BCUT2D eigenvalue weighted by Gasteiger charge is 2.27. The van der Waals surface area contributed by atoms with Crippen molar-refractivity contribution in [3.63, 3.8) is 0 Å². The molecule has 0 aliphatic heterocycles. The topological polar surface area (TPSA) is 14.8 Å². The number of aromatic nitrogens is 3. The van der Waals surface area contributed by atoms with Crippen molar-refractivity contribution >= 4 is 113 Å². The summed E-state index contributed by atoms with van der Waals surface area (Å²) in [5, 5.41) is 8.45. The zero-order chi connectivity index (χ0) is 37.6. The molecule has 3 nitrogen and oxygen atoms in total. The van der Waals surface area contributed by atoms with Crippen molar-refractivity contribution in [2.24, 2.45) is 0 Å². The molecular formula is C48H60Br3N3. The van der Waals surface area contributed by atoms with Crippen molar-refractivity contribution in [1.29, 1.82) is 0 Å². The van der Waals surface area contributed by atoms with Crippen LogP contribution in [0.2, 0.25) is 0 Å². The van der Waals surface area contributed by atoms with E-state index < -0.39 is 0 Å². The maximum atomic E-state index is 3.91. The first-order chi connectivity index (χ1) is 26.5. The molecule has 0 bridgehead atoms. The molecule has 3 heterocycles. The van der Waals surface area contributed by atoms with Crippen LogP contribution >= 0.6 is 47.8 Å². The molecule has 4 aromatic carbocycles. The Morgan fingerprint density at radius 1 is 0.352 bits per heavy atom. The second-order valence-electron chi connectivity index (χ2n) is 15.9. The van der Waals surface area contributed by atoms with Gasteiger partial charge in [-0.25, -0.2) is 0 Å². The standard InChI is InChI=1S/C48H60Br3N3/c1-4-7-10-13-16-19-28-52-40-31-34(49)22-25-37(40)43-46(52)44-38-26-23-35(50)32-41(38)53(29-20-17-14-11-8-5-2)48(44)45-39-27-24-36(51)33-42(39)54(47(43)45)30-21-18-15-12-9-6-3/h22-27,31-33H,4-21,28-30H2,1-3H3. The Hall–Kier alpha value is -2.28. The van der Waals surface area contributed by atoms with Gasteiger partial charge in [-0.15, -0.1) is 0 Å². The van der Waals surface area contributed by atoms with Crippen molar-refractivity contribution in [2.75, 3.05) is 0 Å². The number of nitrogens with zero attached hydrogens (tertiary/aromatic N) is 3. The Morgan fingerprint density at radius 2 is 0.611 bits per heavy atom. The average Bonchev–Trinajstić information content (AvgIpc) is 3.77. The molecule has 0 fully saturated rings. The number of unbranched alkanes of at least 4 members (excludes halogenated alkanes) is 15. The summed E-state index contributed by atoms with van der Waals surface area (Å²) in [6.07, 6.45) is 23.3. The molecule has 0 aliphatic rings. The minimum absolute atomic E-state index is 1.03. The third kappa shape index (κ3) is 8.10. The first kappa shape index (κ1) is 39.9. The van der Waals surface area contributed by atoms with E-state index in [9.17, 15) is 0 Å². The summed E-state index contributed by atoms with van der Waals surface area (Å²) in [5.74, 6) is 0. The molecule has 0 saturated carbocycles. The minimum Gasteiger partial charge on any atom is -0.340 e. The monoisotopic (exact) mass is 915 g/mol. The van der Waals surface area contributed by atoms with E-state index in [1.807, 2.05) is 0 Å². The van der Waals surface area contributed by atoms with Crippen LogP contribution in [0.1, 0.15) is 136 Å². The molecule has 6 heteroatoms. The van der Waals surface area contributed by atoms with Crippen LogP contribution < -0.4 is 0 Å². The zero-order valence-electron chi connectivity index (χ0n) is 33.0. The van der Waals surface area contributed by atoms with E-state index >= 15 is 0 Å². The molecule has 288 valence electrons. The smallest absolute Gasteiger partial charge is 0.0614 e. The molecule has 3 aromatic heterocycles. The highest BCUT2D eigenvalue weighted by molar-refractivity contribution is 9.11. The Labute approximate surface area is 348 Å². The van der Waals surface area contributed by atoms with Gasteiger partial charge in [-0.3, -0.25) is 0 Å². The molecular weight excluding hydrogens is 858 g/mol. The summed E-state index contributed by atoms with van der Waals surface area (Å²) >= 11 is 11.7. The molecule has 0 aliphatic carbocycles. The lowest BCUT2D eigenvalue weighted by Gasteiger charge is -2.13. The minimum atomic E-state index is 1.03. The van der Waals surface area contributed by atoms with Gasteiger partial charge in [0.25, 0.3) is 0 Å². The van der Waals surface area contributed by atoms with Crippen LogP contribution in [0.3, 0.4) is 0 Å². The lowest BCUT2D eigenvalue weighted by atomic mass is 10.0. The van der Waals surface area contributed by atoms with Gasteiger partial charge in [-0.05, 0) is 55.7 Å². The Bertz CT molecular complexity index is 2060. The first-order valence-corrected chi connectivity index (χ1v) is 23.8. The summed E-state index contributed by atoms with van der Waals surface area (Å²) in [6, 6.07) is 21.2. The largest absolute Gasteiger partial charge is 0.340 e. The maximum absolute atomic E-state index is 3.91. The molecule has 7 rings (SSSR count). The third-order valence-electron chi connectivity index (χ3n) is 12.0. The SMILES string of the molecule is CCCCCCCCn1c2cc(Br)ccc2c2c1c1c3ccc(Br)cc3n(CCCCCCCC)c1c1c3ccc(Br)cc3n(CCCCCCCC)c21. The van der Waals surface area contributed by atoms with Gasteiger partial charge in [0.05, 0.1) is 33.1 Å². The van der Waals surface area contributed by atoms with Gasteiger partial charge in [-0.1, -0.05) is 183 Å². The fourth-order valence-corrected chi connectivity index (χ4v) is 10.4. The fraction of sp³-hybridized carbons (Fsp3) is 0.500. The molecule has 0 atom stereocenters. The number of rotatable bonds is 21. The Morgan fingerprint density at radius 3 is 0.889 bits per heavy atom. The van der Waals surface area contributed by atoms with E-state index in [0.717, 1.165) is 33.1 Å². The van der Waals surface area contributed by atoms with Gasteiger partial charge < -0.3 is 13.7 Å². The van der Waals surface area contributed by atoms with Gasteiger partial charge in [0.2, 0.25) is 0 Å². The van der Waals surface area contributed by atoms with Gasteiger partial charge in [-0.2, -0.15) is 0 Å². The van der Waals surface area contributed by atoms with E-state index in [4.69, 9.17) is 0 Å². The van der Waals surface area contributed by atoms with E-state index in [1.54, 1.807) is 0 Å². The number of aryl methyl sites for hydroxylation is 3. The Kier molecular flexibility index (Phi) is 13.9. The highest BCUT2D eigenvalue weighted by Crippen LogP contribution is 2.49. The molecule has 54 heavy (non-hydrogen) atoms. The van der Waals surface area contributed by atoms with Crippen molar-refractivity contribution < 1.29 is 0 Å². The molecule has 0 unspecified atom stereocenters. The van der Waals surface area contributed by atoms with E-state index in [0.29, 0.717) is 0 Å². The van der Waals surface area contributed by atoms with Crippen LogP contribution in [-0.2, 0) is 19.6 Å². The quantitative estimate of drug-likeness (QED) is 0.0638. The van der Waals surface area contributed by atoms with Gasteiger partial charge in [0, 0.05) is 65.4 Å². The number of hydrogen-bond donors (Lipinski definition) is 0. The van der Waals surface area contributed by atoms with Crippen LogP contribution in [-0.4, -0.2) is 13.7 Å². The number of hydrogen-bond acceptors (Lipinski definition) is 0. The maximum Gasteiger partial charge on any atom is 0.0614 e. The molecule has 0 spiro atoms. The summed E-state index contributed by atoms with van der Waals surface area (Å²) in [7, 11) is 0. The van der Waals surface area contributed by atoms with E-state index in [1.165, 1.54) is 181 Å². The highest BCUT2D eigenvalue weighted by atomic mass is 79.9. The molecule has 0 saturated heterocycles. The summed E-state index contributed by atoms with van der Waals surface area (Å²) in [6.45, 7) is 10.0. The first-order valence-electron chi connectivity index (χ1n) is 21.4. The predicted molar refractivity (Wildman–Crippen MR) is 249 cm³/mol. The van der Waals surface area contributed by atoms with Crippen LogP contribution in [0.5, 0.6) is 0 Å². The van der Waals surface area contributed by atoms with Crippen molar-refractivity contribution in [3.8, 4) is 0 Å². The summed E-state index contributed by atoms with van der Waals surface area (Å²) in [5.41, 5.74) is 8.35. The molecule has 0 N–H and O–H groups in total. The van der Waals surface area contributed by atoms with Gasteiger partial charge >= 0.3 is 0 Å². The van der Waals surface area contributed by atoms with Gasteiger partial charge in [0.15, 0.2) is 0 Å². The lowest BCUT2D eigenvalue weighted by molar-refractivity contribution is 0.570. The second-order valence-corrected chi connectivity index (χ2v) is 18.7. The van der Waals surface area contributed by atoms with Crippen LogP contribution in [0.25, 0.3) is 65.4 Å². The second kappa shape index (κ2) is 18.8. The zero-order valence-corrected chi connectivity index (χ0v) is 37.8. The lowest BCUT2D eigenvalue weighted by Crippen LogP contribution is -2.02. The van der Waals surface area contributed by atoms with Crippen molar-refractivity contribution in [1.82, 2.24) is 13.7 Å². The van der Waals surface area contributed by atoms with Crippen LogP contribution in [0.4, 0.5) is 0 Å². The van der Waals surface area contributed by atoms with E-state index in [2.05, 4.69) is 137 Å². The average molecular weight is 919 g/mol. The fourth-order valence-electron chi connectivity index (χ4n) is 9.31. The molecule has 0 radical (unpaired) electrons. The summed E-state index contributed by atoms with van der Waals surface area (Å²) in [4.78, 5) is 0. The number of benzene rings is 4. The summed E-state index contributed by atoms with van der Waals surface area (Å²) < 4.78 is 11.7. The molecule has 7 aromatic rings. The van der Waals surface area contributed by atoms with Gasteiger partial charge in [0.1, 0.15) is 0 Å². The van der Waals surface area contributed by atoms with Crippen molar-refractivity contribution in [2.45, 2.75) is 156 Å². The van der Waals surface area contributed by atoms with Crippen LogP contribution in [0.15, 0.2) is 68.0 Å². The number of halogens is 3. The molecule has 0 amide bonds. The predicted octanol–water partition coefficient (Wildman–Crippen LogP) is 17.4. The number of fused-ring (bicyclic) bond motifs is 12. The van der Waals surface area contributed by atoms with E-state index in [-0.39, 0.29) is 0 Å².